The van der Waals surface area contributed by atoms with E-state index in [0.717, 1.165) is 12.1 Å². The lowest BCUT2D eigenvalue weighted by Crippen LogP contribution is -2.30. The fraction of sp³-hybridized carbons (Fsp3) is 0.111. The topological polar surface area (TPSA) is 20.2 Å². The van der Waals surface area contributed by atoms with Crippen molar-refractivity contribution in [2.75, 3.05) is 0 Å². The predicted molar refractivity (Wildman–Crippen MR) is 123 cm³/mol. The van der Waals surface area contributed by atoms with Crippen molar-refractivity contribution < 1.29 is 31.4 Å². The van der Waals surface area contributed by atoms with Crippen molar-refractivity contribution in [2.24, 2.45) is 0 Å². The minimum Gasteiger partial charge on any atom is -0.508 e. The normalized spacial score (nSPS) is 17.2. The first-order valence-corrected chi connectivity index (χ1v) is 11.2. The molecule has 0 aliphatic heterocycles. The number of alkyl halides is 6. The zero-order valence-electron chi connectivity index (χ0n) is 17.7. The summed E-state index contributed by atoms with van der Waals surface area (Å²) in [5, 5.41) is 9.89. The molecule has 1 aliphatic carbocycles. The van der Waals surface area contributed by atoms with Gasteiger partial charge < -0.3 is 5.11 Å². The van der Waals surface area contributed by atoms with Gasteiger partial charge in [-0.25, -0.2) is 0 Å². The van der Waals surface area contributed by atoms with Crippen LogP contribution in [0.3, 0.4) is 0 Å². The van der Waals surface area contributed by atoms with Crippen molar-refractivity contribution in [3.63, 3.8) is 0 Å². The summed E-state index contributed by atoms with van der Waals surface area (Å²) in [7, 11) is 0. The largest absolute Gasteiger partial charge is 0.508 e. The van der Waals surface area contributed by atoms with Crippen LogP contribution >= 0.6 is 15.9 Å². The van der Waals surface area contributed by atoms with Crippen molar-refractivity contribution >= 4 is 15.9 Å². The summed E-state index contributed by atoms with van der Waals surface area (Å²) in [6.07, 6.45) is -9.99. The van der Waals surface area contributed by atoms with Gasteiger partial charge in [0, 0.05) is 4.47 Å². The summed E-state index contributed by atoms with van der Waals surface area (Å²) in [6, 6.07) is 19.8. The Morgan fingerprint density at radius 3 is 1.77 bits per heavy atom. The molecule has 0 saturated heterocycles. The SMILES string of the molecule is Oc1ccc(C2(c3cc(C(F)(F)F)cc(C(F)(F)F)c3)c3ccccc3-c3ccc(Br)cc32)cc1. The third kappa shape index (κ3) is 3.71. The molecule has 8 heteroatoms. The highest BCUT2D eigenvalue weighted by Crippen LogP contribution is 2.57. The molecular formula is C27H15BrF6O. The molecule has 0 fully saturated rings. The number of hydrogen-bond donors (Lipinski definition) is 1. The average Bonchev–Trinajstić information content (AvgIpc) is 3.08. The second-order valence-corrected chi connectivity index (χ2v) is 9.24. The maximum Gasteiger partial charge on any atom is 0.416 e. The van der Waals surface area contributed by atoms with E-state index in [9.17, 15) is 31.4 Å². The Bertz CT molecular complexity index is 1410. The quantitative estimate of drug-likeness (QED) is 0.219. The van der Waals surface area contributed by atoms with E-state index in [0.29, 0.717) is 32.3 Å². The van der Waals surface area contributed by atoms with Gasteiger partial charge in [-0.3, -0.25) is 0 Å². The standard InChI is InChI=1S/C27H15BrF6O/c28-19-7-10-22-21-3-1-2-4-23(21)25(24(22)14-19,15-5-8-20(35)9-6-15)16-11-17(26(29,30)31)13-18(12-16)27(32,33)34/h1-14,35H. The molecule has 0 saturated carbocycles. The molecule has 0 spiro atoms. The Hall–Kier alpha value is -3.26. The second kappa shape index (κ2) is 7.88. The number of aromatic hydroxyl groups is 1. The Morgan fingerprint density at radius 1 is 0.600 bits per heavy atom. The number of hydrogen-bond acceptors (Lipinski definition) is 1. The highest BCUT2D eigenvalue weighted by atomic mass is 79.9. The molecule has 0 amide bonds. The fourth-order valence-corrected chi connectivity index (χ4v) is 5.28. The van der Waals surface area contributed by atoms with E-state index in [1.807, 2.05) is 0 Å². The lowest BCUT2D eigenvalue weighted by molar-refractivity contribution is -0.143. The maximum absolute atomic E-state index is 13.9. The summed E-state index contributed by atoms with van der Waals surface area (Å²) in [4.78, 5) is 0. The Kier molecular flexibility index (Phi) is 5.29. The minimum absolute atomic E-state index is 0.0790. The van der Waals surface area contributed by atoms with E-state index >= 15 is 0 Å². The van der Waals surface area contributed by atoms with Gasteiger partial charge in [0.15, 0.2) is 0 Å². The molecule has 0 radical (unpaired) electrons. The first-order chi connectivity index (χ1) is 16.4. The molecule has 1 nitrogen and oxygen atoms in total. The summed E-state index contributed by atoms with van der Waals surface area (Å²) >= 11 is 3.41. The van der Waals surface area contributed by atoms with E-state index in [1.165, 1.54) is 24.3 Å². The molecule has 1 N–H and O–H groups in total. The highest BCUT2D eigenvalue weighted by Gasteiger charge is 2.48. The molecule has 0 heterocycles. The van der Waals surface area contributed by atoms with Crippen LogP contribution in [-0.4, -0.2) is 5.11 Å². The average molecular weight is 549 g/mol. The van der Waals surface area contributed by atoms with E-state index in [2.05, 4.69) is 15.9 Å². The summed E-state index contributed by atoms with van der Waals surface area (Å²) in [5.74, 6) is -0.0790. The summed E-state index contributed by atoms with van der Waals surface area (Å²) < 4.78 is 83.7. The zero-order chi connectivity index (χ0) is 25.2. The molecule has 35 heavy (non-hydrogen) atoms. The van der Waals surface area contributed by atoms with Crippen LogP contribution in [-0.2, 0) is 17.8 Å². The molecule has 4 aromatic rings. The number of phenols is 1. The highest BCUT2D eigenvalue weighted by molar-refractivity contribution is 9.10. The number of phenolic OH excluding ortho intramolecular Hbond substituents is 1. The van der Waals surface area contributed by atoms with Crippen LogP contribution in [0.5, 0.6) is 5.75 Å². The van der Waals surface area contributed by atoms with Gasteiger partial charge in [0.25, 0.3) is 0 Å². The van der Waals surface area contributed by atoms with Crippen molar-refractivity contribution in [2.45, 2.75) is 17.8 Å². The van der Waals surface area contributed by atoms with Crippen LogP contribution in [0.15, 0.2) is 89.4 Å². The van der Waals surface area contributed by atoms with Gasteiger partial charge in [0.05, 0.1) is 16.5 Å². The van der Waals surface area contributed by atoms with E-state index in [4.69, 9.17) is 0 Å². The lowest BCUT2D eigenvalue weighted by atomic mass is 9.67. The first-order valence-electron chi connectivity index (χ1n) is 10.4. The fourth-order valence-electron chi connectivity index (χ4n) is 4.92. The third-order valence-electron chi connectivity index (χ3n) is 6.33. The Labute approximate surface area is 204 Å². The summed E-state index contributed by atoms with van der Waals surface area (Å²) in [5.41, 5.74) is -1.54. The molecule has 1 atom stereocenters. The van der Waals surface area contributed by atoms with Gasteiger partial charge in [-0.15, -0.1) is 0 Å². The monoisotopic (exact) mass is 548 g/mol. The van der Waals surface area contributed by atoms with Crippen molar-refractivity contribution in [3.8, 4) is 16.9 Å². The van der Waals surface area contributed by atoms with Gasteiger partial charge in [0.1, 0.15) is 5.75 Å². The van der Waals surface area contributed by atoms with Crippen LogP contribution in [0.25, 0.3) is 11.1 Å². The van der Waals surface area contributed by atoms with Crippen molar-refractivity contribution in [1.29, 1.82) is 0 Å². The third-order valence-corrected chi connectivity index (χ3v) is 6.82. The van der Waals surface area contributed by atoms with Crippen molar-refractivity contribution in [3.05, 3.63) is 123 Å². The molecule has 1 aliphatic rings. The van der Waals surface area contributed by atoms with Crippen LogP contribution in [0.2, 0.25) is 0 Å². The summed E-state index contributed by atoms with van der Waals surface area (Å²) in [6.45, 7) is 0. The van der Waals surface area contributed by atoms with Crippen LogP contribution < -0.4 is 0 Å². The Balaban J connectivity index is 1.99. The number of rotatable bonds is 2. The van der Waals surface area contributed by atoms with Crippen LogP contribution in [0.1, 0.15) is 33.4 Å². The number of fused-ring (bicyclic) bond motifs is 3. The van der Waals surface area contributed by atoms with Crippen LogP contribution in [0.4, 0.5) is 26.3 Å². The second-order valence-electron chi connectivity index (χ2n) is 8.33. The van der Waals surface area contributed by atoms with Gasteiger partial charge in [-0.1, -0.05) is 58.4 Å². The van der Waals surface area contributed by atoms with Gasteiger partial charge in [-0.2, -0.15) is 26.3 Å². The van der Waals surface area contributed by atoms with Crippen LogP contribution in [0, 0.1) is 0 Å². The molecule has 5 rings (SSSR count). The molecule has 178 valence electrons. The minimum atomic E-state index is -5.00. The predicted octanol–water partition coefficient (Wildman–Crippen LogP) is 8.56. The maximum atomic E-state index is 13.9. The number of benzene rings is 4. The van der Waals surface area contributed by atoms with Gasteiger partial charge in [-0.05, 0) is 75.8 Å². The zero-order valence-corrected chi connectivity index (χ0v) is 19.3. The lowest BCUT2D eigenvalue weighted by Gasteiger charge is -2.35. The Morgan fingerprint density at radius 2 is 1.17 bits per heavy atom. The van der Waals surface area contributed by atoms with E-state index in [-0.39, 0.29) is 17.4 Å². The van der Waals surface area contributed by atoms with E-state index in [1.54, 1.807) is 42.5 Å². The molecular weight excluding hydrogens is 534 g/mol. The first kappa shape index (κ1) is 23.5. The number of halogens is 7. The molecule has 4 aromatic carbocycles. The molecule has 0 bridgehead atoms. The molecule has 1 unspecified atom stereocenters. The van der Waals surface area contributed by atoms with Gasteiger partial charge in [0.2, 0.25) is 0 Å². The smallest absolute Gasteiger partial charge is 0.416 e. The molecule has 0 aromatic heterocycles. The van der Waals surface area contributed by atoms with Gasteiger partial charge >= 0.3 is 12.4 Å². The van der Waals surface area contributed by atoms with E-state index < -0.39 is 28.9 Å². The van der Waals surface area contributed by atoms with Crippen molar-refractivity contribution in [1.82, 2.24) is 0 Å².